The smallest absolute Gasteiger partial charge is 0.313 e. The highest BCUT2D eigenvalue weighted by molar-refractivity contribution is 6.39. The molecular formula is C18H23N3O5. The number of aliphatic hydroxyl groups excluding tert-OH is 1. The summed E-state index contributed by atoms with van der Waals surface area (Å²) in [7, 11) is 0. The molecule has 8 heteroatoms. The van der Waals surface area contributed by atoms with Crippen LogP contribution in [-0.4, -0.2) is 41.4 Å². The van der Waals surface area contributed by atoms with Crippen LogP contribution in [0.5, 0.6) is 0 Å². The fourth-order valence-electron chi connectivity index (χ4n) is 2.95. The minimum Gasteiger partial charge on any atom is -0.392 e. The quantitative estimate of drug-likeness (QED) is 0.441. The lowest BCUT2D eigenvalue weighted by molar-refractivity contribution is -0.138. The van der Waals surface area contributed by atoms with E-state index in [9.17, 15) is 19.2 Å². The van der Waals surface area contributed by atoms with Crippen LogP contribution < -0.4 is 16.0 Å². The van der Waals surface area contributed by atoms with E-state index in [-0.39, 0.29) is 24.8 Å². The summed E-state index contributed by atoms with van der Waals surface area (Å²) in [6.45, 7) is 3.37. The number of imide groups is 1. The first-order valence-corrected chi connectivity index (χ1v) is 8.50. The van der Waals surface area contributed by atoms with Crippen molar-refractivity contribution >= 4 is 29.3 Å². The van der Waals surface area contributed by atoms with E-state index in [4.69, 9.17) is 5.11 Å². The summed E-state index contributed by atoms with van der Waals surface area (Å²) in [5.74, 6) is -2.27. The lowest BCUT2D eigenvalue weighted by atomic mass is 9.72. The number of piperidine rings is 1. The molecule has 1 saturated heterocycles. The maximum Gasteiger partial charge on any atom is 0.313 e. The lowest BCUT2D eigenvalue weighted by Gasteiger charge is -2.35. The predicted octanol–water partition coefficient (Wildman–Crippen LogP) is 0.206. The highest BCUT2D eigenvalue weighted by atomic mass is 16.3. The van der Waals surface area contributed by atoms with Crippen LogP contribution in [0.25, 0.3) is 0 Å². The lowest BCUT2D eigenvalue weighted by Crippen LogP contribution is -2.51. The number of anilines is 1. The highest BCUT2D eigenvalue weighted by Gasteiger charge is 2.42. The predicted molar refractivity (Wildman–Crippen MR) is 94.1 cm³/mol. The SMILES string of the molecule is CC[C@]1(c2ccc(NC(=O)C(=O)NC[C@H](C)O)cc2)CCC(=O)NC1=O. The fourth-order valence-corrected chi connectivity index (χ4v) is 2.95. The second-order valence-electron chi connectivity index (χ2n) is 6.40. The zero-order chi connectivity index (χ0) is 19.3. The van der Waals surface area contributed by atoms with E-state index in [1.165, 1.54) is 6.92 Å². The molecule has 140 valence electrons. The van der Waals surface area contributed by atoms with Crippen LogP contribution in [-0.2, 0) is 24.6 Å². The molecule has 0 radical (unpaired) electrons. The van der Waals surface area contributed by atoms with Crippen LogP contribution >= 0.6 is 0 Å². The van der Waals surface area contributed by atoms with E-state index in [1.807, 2.05) is 6.92 Å². The molecule has 1 fully saturated rings. The largest absolute Gasteiger partial charge is 0.392 e. The van der Waals surface area contributed by atoms with Crippen molar-refractivity contribution in [3.05, 3.63) is 29.8 Å². The van der Waals surface area contributed by atoms with Gasteiger partial charge in [0.2, 0.25) is 11.8 Å². The van der Waals surface area contributed by atoms with Crippen molar-refractivity contribution in [3.8, 4) is 0 Å². The first kappa shape index (κ1) is 19.6. The van der Waals surface area contributed by atoms with Crippen LogP contribution in [0.15, 0.2) is 24.3 Å². The zero-order valence-electron chi connectivity index (χ0n) is 14.8. The Morgan fingerprint density at radius 2 is 1.88 bits per heavy atom. The van der Waals surface area contributed by atoms with Crippen molar-refractivity contribution in [3.63, 3.8) is 0 Å². The maximum atomic E-state index is 12.4. The number of benzene rings is 1. The van der Waals surface area contributed by atoms with Crippen LogP contribution in [0.3, 0.4) is 0 Å². The van der Waals surface area contributed by atoms with Gasteiger partial charge >= 0.3 is 11.8 Å². The van der Waals surface area contributed by atoms with Crippen molar-refractivity contribution in [2.45, 2.75) is 44.6 Å². The van der Waals surface area contributed by atoms with Gasteiger partial charge in [-0.3, -0.25) is 24.5 Å². The normalized spacial score (nSPS) is 20.9. The van der Waals surface area contributed by atoms with Crippen molar-refractivity contribution in [2.75, 3.05) is 11.9 Å². The summed E-state index contributed by atoms with van der Waals surface area (Å²) in [6.07, 6.45) is 0.507. The molecule has 2 rings (SSSR count). The minimum absolute atomic E-state index is 0.0158. The average molecular weight is 361 g/mol. The van der Waals surface area contributed by atoms with Crippen molar-refractivity contribution in [1.29, 1.82) is 0 Å². The van der Waals surface area contributed by atoms with Crippen LogP contribution in [0.1, 0.15) is 38.7 Å². The van der Waals surface area contributed by atoms with E-state index in [0.717, 1.165) is 5.56 Å². The third-order valence-electron chi connectivity index (χ3n) is 4.53. The Bertz CT molecular complexity index is 714. The Hall–Kier alpha value is -2.74. The van der Waals surface area contributed by atoms with Crippen LogP contribution in [0, 0.1) is 0 Å². The summed E-state index contributed by atoms with van der Waals surface area (Å²) in [6, 6.07) is 6.64. The fraction of sp³-hybridized carbons (Fsp3) is 0.444. The molecule has 0 spiro atoms. The van der Waals surface area contributed by atoms with E-state index in [2.05, 4.69) is 16.0 Å². The molecule has 26 heavy (non-hydrogen) atoms. The Kier molecular flexibility index (Phi) is 6.10. The van der Waals surface area contributed by atoms with E-state index >= 15 is 0 Å². The number of aliphatic hydroxyl groups is 1. The molecule has 2 atom stereocenters. The molecule has 1 aromatic carbocycles. The van der Waals surface area contributed by atoms with Crippen LogP contribution in [0.4, 0.5) is 5.69 Å². The Balaban J connectivity index is 2.08. The third kappa shape index (κ3) is 4.26. The number of hydrogen-bond donors (Lipinski definition) is 4. The molecule has 0 aliphatic carbocycles. The summed E-state index contributed by atoms with van der Waals surface area (Å²) >= 11 is 0. The molecule has 4 N–H and O–H groups in total. The molecular weight excluding hydrogens is 338 g/mol. The van der Waals surface area contributed by atoms with Crippen molar-refractivity contribution in [2.24, 2.45) is 0 Å². The van der Waals surface area contributed by atoms with Gasteiger partial charge < -0.3 is 15.7 Å². The molecule has 0 saturated carbocycles. The minimum atomic E-state index is -0.843. The summed E-state index contributed by atoms with van der Waals surface area (Å²) in [4.78, 5) is 47.2. The Labute approximate surface area is 151 Å². The Morgan fingerprint density at radius 1 is 1.23 bits per heavy atom. The van der Waals surface area contributed by atoms with Crippen molar-refractivity contribution < 1.29 is 24.3 Å². The third-order valence-corrected chi connectivity index (χ3v) is 4.53. The summed E-state index contributed by atoms with van der Waals surface area (Å²) < 4.78 is 0. The first-order valence-electron chi connectivity index (χ1n) is 8.50. The maximum absolute atomic E-state index is 12.4. The van der Waals surface area contributed by atoms with Gasteiger partial charge in [-0.05, 0) is 37.5 Å². The number of amides is 4. The molecule has 1 aromatic rings. The summed E-state index contributed by atoms with van der Waals surface area (Å²) in [5.41, 5.74) is 0.386. The van der Waals surface area contributed by atoms with Gasteiger partial charge in [-0.25, -0.2) is 0 Å². The number of rotatable bonds is 5. The molecule has 4 amide bonds. The zero-order valence-corrected chi connectivity index (χ0v) is 14.8. The van der Waals surface area contributed by atoms with Gasteiger partial charge in [-0.2, -0.15) is 0 Å². The van der Waals surface area contributed by atoms with Gasteiger partial charge in [0.15, 0.2) is 0 Å². The van der Waals surface area contributed by atoms with Gasteiger partial charge in [0.25, 0.3) is 0 Å². The topological polar surface area (TPSA) is 125 Å². The van der Waals surface area contributed by atoms with Gasteiger partial charge in [-0.15, -0.1) is 0 Å². The van der Waals surface area contributed by atoms with Gasteiger partial charge in [0.1, 0.15) is 0 Å². The van der Waals surface area contributed by atoms with E-state index in [0.29, 0.717) is 18.5 Å². The monoisotopic (exact) mass is 361 g/mol. The van der Waals surface area contributed by atoms with E-state index < -0.39 is 23.3 Å². The second-order valence-corrected chi connectivity index (χ2v) is 6.40. The average Bonchev–Trinajstić information content (AvgIpc) is 2.61. The number of carbonyl (C=O) groups is 4. The number of hydrogen-bond acceptors (Lipinski definition) is 5. The van der Waals surface area contributed by atoms with Gasteiger partial charge in [0, 0.05) is 18.7 Å². The number of nitrogens with one attached hydrogen (secondary N) is 3. The molecule has 1 aliphatic rings. The Morgan fingerprint density at radius 3 is 2.42 bits per heavy atom. The van der Waals surface area contributed by atoms with Crippen LogP contribution in [0.2, 0.25) is 0 Å². The summed E-state index contributed by atoms with van der Waals surface area (Å²) in [5, 5.41) is 16.3. The number of carbonyl (C=O) groups excluding carboxylic acids is 4. The van der Waals surface area contributed by atoms with Gasteiger partial charge in [-0.1, -0.05) is 19.1 Å². The highest BCUT2D eigenvalue weighted by Crippen LogP contribution is 2.36. The second kappa shape index (κ2) is 8.09. The molecule has 0 bridgehead atoms. The molecule has 8 nitrogen and oxygen atoms in total. The van der Waals surface area contributed by atoms with E-state index in [1.54, 1.807) is 24.3 Å². The first-order chi connectivity index (χ1) is 12.3. The van der Waals surface area contributed by atoms with Crippen molar-refractivity contribution in [1.82, 2.24) is 10.6 Å². The standard InChI is InChI=1S/C18H23N3O5/c1-3-18(9-8-14(23)21-17(18)26)12-4-6-13(7-5-12)20-16(25)15(24)19-10-11(2)22/h4-7,11,22H,3,8-10H2,1-2H3,(H,19,24)(H,20,25)(H,21,23,26)/t11-,18+/m0/s1. The molecule has 0 unspecified atom stereocenters. The van der Waals surface area contributed by atoms with Gasteiger partial charge in [0.05, 0.1) is 11.5 Å². The molecule has 0 aromatic heterocycles. The molecule has 1 heterocycles. The molecule has 1 aliphatic heterocycles.